The maximum absolute atomic E-state index is 12.8. The van der Waals surface area contributed by atoms with E-state index in [0.29, 0.717) is 22.8 Å². The Kier molecular flexibility index (Phi) is 6.74. The lowest BCUT2D eigenvalue weighted by atomic mass is 10.0. The number of benzene rings is 1. The molecule has 0 radical (unpaired) electrons. The first-order valence-corrected chi connectivity index (χ1v) is 10.9. The number of ether oxygens (including phenoxy) is 1. The van der Waals surface area contributed by atoms with Crippen LogP contribution >= 0.6 is 11.6 Å². The summed E-state index contributed by atoms with van der Waals surface area (Å²) in [7, 11) is 0. The number of amides is 1. The Labute approximate surface area is 191 Å². The molecule has 2 N–H and O–H groups in total. The Morgan fingerprint density at radius 3 is 2.59 bits per heavy atom. The van der Waals surface area contributed by atoms with Crippen molar-refractivity contribution in [2.45, 2.75) is 26.1 Å². The van der Waals surface area contributed by atoms with Crippen LogP contribution in [-0.4, -0.2) is 69.2 Å². The number of phenolic OH excluding ortho intramolecular Hbond substituents is 1. The summed E-state index contributed by atoms with van der Waals surface area (Å²) in [6.07, 6.45) is 5.39. The summed E-state index contributed by atoms with van der Waals surface area (Å²) < 4.78 is 7.04. The van der Waals surface area contributed by atoms with E-state index < -0.39 is 0 Å². The molecule has 3 heterocycles. The highest BCUT2D eigenvalue weighted by molar-refractivity contribution is 6.31. The van der Waals surface area contributed by atoms with Crippen molar-refractivity contribution in [1.29, 1.82) is 0 Å². The van der Waals surface area contributed by atoms with Gasteiger partial charge in [-0.15, -0.1) is 0 Å². The van der Waals surface area contributed by atoms with E-state index in [1.807, 2.05) is 12.1 Å². The van der Waals surface area contributed by atoms with Gasteiger partial charge in [0.2, 0.25) is 0 Å². The predicted molar refractivity (Wildman–Crippen MR) is 123 cm³/mol. The fourth-order valence-electron chi connectivity index (χ4n) is 4.01. The van der Waals surface area contributed by atoms with E-state index in [2.05, 4.69) is 34.1 Å². The number of hydrogen-bond acceptors (Lipinski definition) is 6. The molecule has 9 heteroatoms. The van der Waals surface area contributed by atoms with Gasteiger partial charge in [-0.25, -0.2) is 4.79 Å². The average Bonchev–Trinajstić information content (AvgIpc) is 3.19. The van der Waals surface area contributed by atoms with Crippen molar-refractivity contribution >= 4 is 17.6 Å². The highest BCUT2D eigenvalue weighted by atomic mass is 35.5. The quantitative estimate of drug-likeness (QED) is 0.610. The number of nitrogens with one attached hydrogen (secondary N) is 1. The maximum atomic E-state index is 12.8. The minimum atomic E-state index is -0.327. The minimum Gasteiger partial charge on any atom is -0.508 e. The van der Waals surface area contributed by atoms with Crippen molar-refractivity contribution in [1.82, 2.24) is 25.0 Å². The summed E-state index contributed by atoms with van der Waals surface area (Å²) in [5.41, 5.74) is 2.74. The number of aromatic hydroxyl groups is 1. The number of nitrogens with zero attached hydrogens (tertiary/aromatic N) is 4. The van der Waals surface area contributed by atoms with Gasteiger partial charge in [0, 0.05) is 60.9 Å². The Hall–Kier alpha value is -2.94. The molecule has 32 heavy (non-hydrogen) atoms. The Bertz CT molecular complexity index is 1060. The molecule has 1 aliphatic rings. The smallest absolute Gasteiger partial charge is 0.342 e. The third kappa shape index (κ3) is 5.27. The Morgan fingerprint density at radius 1 is 1.19 bits per heavy atom. The number of phenols is 1. The molecule has 3 aromatic rings. The van der Waals surface area contributed by atoms with E-state index in [0.717, 1.165) is 30.8 Å². The first-order valence-electron chi connectivity index (χ1n) is 10.5. The molecule has 0 saturated carbocycles. The monoisotopic (exact) mass is 455 g/mol. The lowest BCUT2D eigenvalue weighted by Crippen LogP contribution is -2.48. The first kappa shape index (κ1) is 22.3. The van der Waals surface area contributed by atoms with Gasteiger partial charge in [-0.2, -0.15) is 9.78 Å². The second kappa shape index (κ2) is 9.68. The molecule has 1 saturated heterocycles. The van der Waals surface area contributed by atoms with Crippen LogP contribution in [0.5, 0.6) is 5.75 Å². The van der Waals surface area contributed by atoms with Crippen LogP contribution in [0.3, 0.4) is 0 Å². The average molecular weight is 456 g/mol. The van der Waals surface area contributed by atoms with E-state index >= 15 is 0 Å². The molecule has 0 bridgehead atoms. The Balaban J connectivity index is 1.54. The van der Waals surface area contributed by atoms with Crippen LogP contribution in [0.1, 0.15) is 13.8 Å². The lowest BCUT2D eigenvalue weighted by Gasteiger charge is -2.35. The van der Waals surface area contributed by atoms with Gasteiger partial charge in [0.05, 0.1) is 12.2 Å². The van der Waals surface area contributed by atoms with Crippen molar-refractivity contribution in [3.63, 3.8) is 0 Å². The number of aromatic nitrogens is 3. The van der Waals surface area contributed by atoms with Gasteiger partial charge in [-0.05, 0) is 49.7 Å². The summed E-state index contributed by atoms with van der Waals surface area (Å²) in [6.45, 7) is 7.03. The third-order valence-electron chi connectivity index (χ3n) is 5.27. The highest BCUT2D eigenvalue weighted by Gasteiger charge is 2.22. The number of morpholine rings is 1. The van der Waals surface area contributed by atoms with E-state index in [1.165, 1.54) is 10.7 Å². The second-order valence-corrected chi connectivity index (χ2v) is 8.46. The van der Waals surface area contributed by atoms with Crippen LogP contribution in [0, 0.1) is 0 Å². The van der Waals surface area contributed by atoms with Gasteiger partial charge in [0.15, 0.2) is 0 Å². The van der Waals surface area contributed by atoms with Gasteiger partial charge in [-0.3, -0.25) is 9.88 Å². The van der Waals surface area contributed by atoms with E-state index in [1.54, 1.807) is 30.7 Å². The molecule has 0 aliphatic carbocycles. The lowest BCUT2D eigenvalue weighted by molar-refractivity contribution is -0.0672. The van der Waals surface area contributed by atoms with Crippen molar-refractivity contribution in [2.75, 3.05) is 26.2 Å². The fraction of sp³-hybridized carbons (Fsp3) is 0.348. The molecule has 168 valence electrons. The van der Waals surface area contributed by atoms with Crippen molar-refractivity contribution < 1.29 is 14.6 Å². The first-order chi connectivity index (χ1) is 15.4. The van der Waals surface area contributed by atoms with Crippen molar-refractivity contribution in [3.8, 4) is 28.1 Å². The topological polar surface area (TPSA) is 92.5 Å². The van der Waals surface area contributed by atoms with Crippen LogP contribution < -0.4 is 5.32 Å². The van der Waals surface area contributed by atoms with Crippen LogP contribution in [-0.2, 0) is 4.74 Å². The number of carbonyl (C=O) groups excluding carboxylic acids is 1. The molecule has 2 atom stereocenters. The van der Waals surface area contributed by atoms with Crippen LogP contribution in [0.2, 0.25) is 5.02 Å². The second-order valence-electron chi connectivity index (χ2n) is 8.02. The summed E-state index contributed by atoms with van der Waals surface area (Å²) in [5, 5.41) is 17.8. The number of pyridine rings is 1. The fourth-order valence-corrected chi connectivity index (χ4v) is 4.24. The maximum Gasteiger partial charge on any atom is 0.342 e. The highest BCUT2D eigenvalue weighted by Crippen LogP contribution is 2.34. The third-order valence-corrected chi connectivity index (χ3v) is 5.49. The summed E-state index contributed by atoms with van der Waals surface area (Å²) in [5.74, 6) is 0.0288. The predicted octanol–water partition coefficient (Wildman–Crippen LogP) is 3.64. The Morgan fingerprint density at radius 2 is 1.91 bits per heavy atom. The minimum absolute atomic E-state index is 0.0288. The molecule has 1 amide bonds. The summed E-state index contributed by atoms with van der Waals surface area (Å²) >= 11 is 6.13. The van der Waals surface area contributed by atoms with Gasteiger partial charge < -0.3 is 15.2 Å². The SMILES string of the molecule is CC1CN(CCNC(=O)n2cc(-c3ccncc3)c(-c3cc(O)cc(Cl)c3)n2)CC(C)O1. The molecule has 0 spiro atoms. The van der Waals surface area contributed by atoms with Crippen molar-refractivity contribution in [3.05, 3.63) is 53.9 Å². The van der Waals surface area contributed by atoms with Crippen LogP contribution in [0.4, 0.5) is 4.79 Å². The van der Waals surface area contributed by atoms with Crippen LogP contribution in [0.15, 0.2) is 48.9 Å². The number of carbonyl (C=O) groups is 1. The zero-order valence-electron chi connectivity index (χ0n) is 18.0. The molecule has 2 aromatic heterocycles. The molecule has 1 aliphatic heterocycles. The standard InChI is InChI=1S/C23H26ClN5O3/c1-15-12-28(13-16(2)32-15)8-7-26-23(31)29-14-21(17-3-5-25-6-4-17)22(27-29)18-9-19(24)11-20(30)10-18/h3-6,9-11,14-16,30H,7-8,12-13H2,1-2H3,(H,26,31). The van der Waals surface area contributed by atoms with Crippen LogP contribution in [0.25, 0.3) is 22.4 Å². The normalized spacial score (nSPS) is 19.1. The zero-order chi connectivity index (χ0) is 22.7. The van der Waals surface area contributed by atoms with E-state index in [4.69, 9.17) is 16.3 Å². The number of hydrogen-bond donors (Lipinski definition) is 2. The van der Waals surface area contributed by atoms with Crippen molar-refractivity contribution in [2.24, 2.45) is 0 Å². The molecular formula is C23H26ClN5O3. The molecule has 2 unspecified atom stereocenters. The number of rotatable bonds is 5. The largest absolute Gasteiger partial charge is 0.508 e. The summed E-state index contributed by atoms with van der Waals surface area (Å²) in [6, 6.07) is 8.09. The summed E-state index contributed by atoms with van der Waals surface area (Å²) in [4.78, 5) is 19.2. The number of halogens is 1. The zero-order valence-corrected chi connectivity index (χ0v) is 18.8. The van der Waals surface area contributed by atoms with Gasteiger partial charge in [0.25, 0.3) is 0 Å². The van der Waals surface area contributed by atoms with Gasteiger partial charge >= 0.3 is 6.03 Å². The molecule has 1 aromatic carbocycles. The molecular weight excluding hydrogens is 430 g/mol. The van der Waals surface area contributed by atoms with E-state index in [-0.39, 0.29) is 24.0 Å². The van der Waals surface area contributed by atoms with Gasteiger partial charge in [0.1, 0.15) is 11.4 Å². The van der Waals surface area contributed by atoms with E-state index in [9.17, 15) is 9.90 Å². The van der Waals surface area contributed by atoms with Gasteiger partial charge in [-0.1, -0.05) is 11.6 Å². The molecule has 4 rings (SSSR count). The molecule has 1 fully saturated rings. The molecule has 8 nitrogen and oxygen atoms in total.